The number of amides is 1. The molecule has 0 atom stereocenters. The molecule has 1 aliphatic heterocycles. The van der Waals surface area contributed by atoms with Crippen LogP contribution in [0.15, 0.2) is 64.3 Å². The van der Waals surface area contributed by atoms with Crippen LogP contribution in [0.1, 0.15) is 12.0 Å². The highest BCUT2D eigenvalue weighted by Crippen LogP contribution is 2.33. The Hall–Kier alpha value is -3.70. The number of rotatable bonds is 7. The molecular weight excluding hydrogens is 472 g/mol. The Morgan fingerprint density at radius 2 is 1.80 bits per heavy atom. The number of ether oxygens (including phenoxy) is 2. The van der Waals surface area contributed by atoms with Crippen LogP contribution in [-0.2, 0) is 27.9 Å². The Morgan fingerprint density at radius 3 is 2.57 bits per heavy atom. The fraction of sp³-hybridized carbons (Fsp3) is 0.292. The smallest absolute Gasteiger partial charge is 0.267 e. The molecule has 3 aromatic rings. The molecule has 1 amide bonds. The van der Waals surface area contributed by atoms with Gasteiger partial charge in [0.25, 0.3) is 5.56 Å². The first-order valence-electron chi connectivity index (χ1n) is 11.0. The number of nitrogens with one attached hydrogen (secondary N) is 1. The predicted octanol–water partition coefficient (Wildman–Crippen LogP) is 1.64. The van der Waals surface area contributed by atoms with Crippen molar-refractivity contribution in [2.45, 2.75) is 24.4 Å². The molecular formula is C24H26N4O6S. The Labute approximate surface area is 203 Å². The molecule has 0 bridgehead atoms. The molecule has 0 spiro atoms. The Kier molecular flexibility index (Phi) is 7.17. The van der Waals surface area contributed by atoms with Crippen molar-refractivity contribution >= 4 is 15.9 Å². The molecule has 0 saturated heterocycles. The van der Waals surface area contributed by atoms with Crippen LogP contribution < -0.4 is 20.3 Å². The summed E-state index contributed by atoms with van der Waals surface area (Å²) in [4.78, 5) is 25.1. The van der Waals surface area contributed by atoms with E-state index in [9.17, 15) is 18.0 Å². The summed E-state index contributed by atoms with van der Waals surface area (Å²) in [5.41, 5.74) is 1.21. The maximum atomic E-state index is 12.6. The summed E-state index contributed by atoms with van der Waals surface area (Å²) in [6, 6.07) is 14.8. The highest BCUT2D eigenvalue weighted by Gasteiger charge is 2.21. The first kappa shape index (κ1) is 24.4. The number of hydrogen-bond donors (Lipinski definition) is 1. The first-order chi connectivity index (χ1) is 16.8. The Morgan fingerprint density at radius 1 is 1.06 bits per heavy atom. The number of carbonyl (C=O) groups is 1. The summed E-state index contributed by atoms with van der Waals surface area (Å²) in [6.07, 6.45) is 0.786. The van der Waals surface area contributed by atoms with Gasteiger partial charge in [-0.1, -0.05) is 18.2 Å². The van der Waals surface area contributed by atoms with Gasteiger partial charge in [0.2, 0.25) is 15.9 Å². The number of sulfonamides is 1. The van der Waals surface area contributed by atoms with Crippen LogP contribution >= 0.6 is 0 Å². The zero-order valence-electron chi connectivity index (χ0n) is 19.4. The van der Waals surface area contributed by atoms with Crippen molar-refractivity contribution in [2.75, 3.05) is 27.3 Å². The molecule has 1 aromatic heterocycles. The largest absolute Gasteiger partial charge is 0.490 e. The zero-order valence-corrected chi connectivity index (χ0v) is 20.2. The predicted molar refractivity (Wildman–Crippen MR) is 129 cm³/mol. The Bertz CT molecular complexity index is 1400. The van der Waals surface area contributed by atoms with Crippen molar-refractivity contribution < 1.29 is 22.7 Å². The molecule has 1 N–H and O–H groups in total. The van der Waals surface area contributed by atoms with Crippen molar-refractivity contribution in [3.8, 4) is 22.8 Å². The number of carbonyl (C=O) groups excluding carboxylic acids is 1. The lowest BCUT2D eigenvalue weighted by atomic mass is 10.1. The maximum Gasteiger partial charge on any atom is 0.267 e. The summed E-state index contributed by atoms with van der Waals surface area (Å²) >= 11 is 0. The SMILES string of the molecule is CN(C)S(=O)(=O)c1ccccc1CNC(=O)Cn1nc(-c2ccc3c(c2)OCCCO3)ccc1=O. The third kappa shape index (κ3) is 5.52. The van der Waals surface area contributed by atoms with Crippen LogP contribution in [-0.4, -0.2) is 55.7 Å². The van der Waals surface area contributed by atoms with Gasteiger partial charge in [0.05, 0.1) is 23.8 Å². The van der Waals surface area contributed by atoms with E-state index >= 15 is 0 Å². The minimum absolute atomic E-state index is 0.0152. The van der Waals surface area contributed by atoms with Gasteiger partial charge in [-0.05, 0) is 35.9 Å². The number of aromatic nitrogens is 2. The first-order valence-corrected chi connectivity index (χ1v) is 12.4. The summed E-state index contributed by atoms with van der Waals surface area (Å²) in [6.45, 7) is 0.789. The van der Waals surface area contributed by atoms with Crippen molar-refractivity contribution in [2.24, 2.45) is 0 Å². The molecule has 4 rings (SSSR count). The average molecular weight is 499 g/mol. The van der Waals surface area contributed by atoms with E-state index in [4.69, 9.17) is 9.47 Å². The number of nitrogens with zero attached hydrogens (tertiary/aromatic N) is 3. The lowest BCUT2D eigenvalue weighted by Crippen LogP contribution is -2.33. The highest BCUT2D eigenvalue weighted by atomic mass is 32.2. The molecule has 11 heteroatoms. The second kappa shape index (κ2) is 10.3. The summed E-state index contributed by atoms with van der Waals surface area (Å²) in [5, 5.41) is 7.01. The van der Waals surface area contributed by atoms with E-state index in [0.717, 1.165) is 15.4 Å². The lowest BCUT2D eigenvalue weighted by molar-refractivity contribution is -0.122. The van der Waals surface area contributed by atoms with E-state index in [2.05, 4.69) is 10.4 Å². The van der Waals surface area contributed by atoms with Crippen molar-refractivity contribution in [1.29, 1.82) is 0 Å². The van der Waals surface area contributed by atoms with E-state index in [1.54, 1.807) is 36.4 Å². The zero-order chi connectivity index (χ0) is 25.0. The fourth-order valence-electron chi connectivity index (χ4n) is 3.52. The van der Waals surface area contributed by atoms with Crippen LogP contribution in [0.25, 0.3) is 11.3 Å². The second-order valence-electron chi connectivity index (χ2n) is 8.10. The summed E-state index contributed by atoms with van der Waals surface area (Å²) in [5.74, 6) is 0.770. The van der Waals surface area contributed by atoms with E-state index in [0.29, 0.717) is 41.5 Å². The van der Waals surface area contributed by atoms with E-state index < -0.39 is 21.5 Å². The monoisotopic (exact) mass is 498 g/mol. The molecule has 184 valence electrons. The molecule has 0 unspecified atom stereocenters. The number of benzene rings is 2. The second-order valence-corrected chi connectivity index (χ2v) is 10.2. The third-order valence-electron chi connectivity index (χ3n) is 5.41. The van der Waals surface area contributed by atoms with Gasteiger partial charge in [0.15, 0.2) is 11.5 Å². The fourth-order valence-corrected chi connectivity index (χ4v) is 4.64. The average Bonchev–Trinajstić information content (AvgIpc) is 3.09. The van der Waals surface area contributed by atoms with E-state index in [-0.39, 0.29) is 18.0 Å². The molecule has 2 heterocycles. The van der Waals surface area contributed by atoms with Gasteiger partial charge in [-0.25, -0.2) is 17.4 Å². The molecule has 35 heavy (non-hydrogen) atoms. The summed E-state index contributed by atoms with van der Waals surface area (Å²) in [7, 11) is -0.784. The molecule has 0 fully saturated rings. The van der Waals surface area contributed by atoms with Gasteiger partial charge in [-0.2, -0.15) is 5.10 Å². The van der Waals surface area contributed by atoms with E-state index in [1.807, 2.05) is 6.07 Å². The van der Waals surface area contributed by atoms with Crippen LogP contribution in [0.4, 0.5) is 0 Å². The van der Waals surface area contributed by atoms with Crippen LogP contribution in [0.2, 0.25) is 0 Å². The van der Waals surface area contributed by atoms with Gasteiger partial charge in [-0.3, -0.25) is 9.59 Å². The third-order valence-corrected chi connectivity index (χ3v) is 7.33. The topological polar surface area (TPSA) is 120 Å². The summed E-state index contributed by atoms with van der Waals surface area (Å²) < 4.78 is 38.7. The minimum atomic E-state index is -3.67. The molecule has 1 aliphatic rings. The standard InChI is InChI=1S/C24H26N4O6S/c1-27(2)35(31,32)22-7-4-3-6-18(22)15-25-23(29)16-28-24(30)11-9-19(26-28)17-8-10-20-21(14-17)34-13-5-12-33-20/h3-4,6-11,14H,5,12-13,15-16H2,1-2H3,(H,25,29). The van der Waals surface area contributed by atoms with Crippen LogP contribution in [0.3, 0.4) is 0 Å². The molecule has 0 aliphatic carbocycles. The van der Waals surface area contributed by atoms with Gasteiger partial charge in [-0.15, -0.1) is 0 Å². The quantitative estimate of drug-likeness (QED) is 0.526. The highest BCUT2D eigenvalue weighted by molar-refractivity contribution is 7.89. The number of hydrogen-bond acceptors (Lipinski definition) is 7. The molecule has 10 nitrogen and oxygen atoms in total. The van der Waals surface area contributed by atoms with Gasteiger partial charge in [0, 0.05) is 38.7 Å². The van der Waals surface area contributed by atoms with Gasteiger partial charge >= 0.3 is 0 Å². The molecule has 0 saturated carbocycles. The maximum absolute atomic E-state index is 12.6. The lowest BCUT2D eigenvalue weighted by Gasteiger charge is -2.15. The normalized spacial score (nSPS) is 13.3. The van der Waals surface area contributed by atoms with Crippen molar-refractivity contribution in [3.05, 3.63) is 70.5 Å². The Balaban J connectivity index is 1.49. The van der Waals surface area contributed by atoms with Gasteiger partial charge < -0.3 is 14.8 Å². The van der Waals surface area contributed by atoms with Crippen LogP contribution in [0.5, 0.6) is 11.5 Å². The number of fused-ring (bicyclic) bond motifs is 1. The molecule has 2 aromatic carbocycles. The van der Waals surface area contributed by atoms with Crippen LogP contribution in [0, 0.1) is 0 Å². The van der Waals surface area contributed by atoms with Gasteiger partial charge in [0.1, 0.15) is 6.54 Å². The van der Waals surface area contributed by atoms with Crippen molar-refractivity contribution in [3.63, 3.8) is 0 Å². The minimum Gasteiger partial charge on any atom is -0.490 e. The van der Waals surface area contributed by atoms with Crippen molar-refractivity contribution in [1.82, 2.24) is 19.4 Å². The van der Waals surface area contributed by atoms with E-state index in [1.165, 1.54) is 26.2 Å². The molecule has 0 radical (unpaired) electrons.